The Kier molecular flexibility index (Phi) is 4.44. The van der Waals surface area contributed by atoms with Crippen LogP contribution in [0.15, 0.2) is 18.2 Å². The third-order valence-electron chi connectivity index (χ3n) is 4.37. The van der Waals surface area contributed by atoms with Crippen LogP contribution >= 0.6 is 0 Å². The minimum Gasteiger partial charge on any atom is -0.372 e. The van der Waals surface area contributed by atoms with E-state index in [0.29, 0.717) is 6.54 Å². The van der Waals surface area contributed by atoms with Gasteiger partial charge in [0.1, 0.15) is 0 Å². The Morgan fingerprint density at radius 1 is 1.29 bits per heavy atom. The maximum absolute atomic E-state index is 11.9. The van der Waals surface area contributed by atoms with Crippen molar-refractivity contribution < 1.29 is 4.79 Å². The van der Waals surface area contributed by atoms with Crippen molar-refractivity contribution in [1.82, 2.24) is 5.32 Å². The number of nitrogens with one attached hydrogen (secondary N) is 2. The number of hydrogen-bond acceptors (Lipinski definition) is 3. The first-order valence-corrected chi connectivity index (χ1v) is 8.08. The van der Waals surface area contributed by atoms with E-state index in [2.05, 4.69) is 34.6 Å². The molecule has 1 heterocycles. The molecule has 0 unspecified atom stereocenters. The van der Waals surface area contributed by atoms with Crippen LogP contribution in [0.25, 0.3) is 0 Å². The SMILES string of the molecule is Cc1cc(N2CCCC2)ccc1NC(=O)CNCC1CC1. The van der Waals surface area contributed by atoms with Crippen molar-refractivity contribution in [2.45, 2.75) is 32.6 Å². The van der Waals surface area contributed by atoms with Gasteiger partial charge in [0, 0.05) is 24.5 Å². The second-order valence-electron chi connectivity index (χ2n) is 6.32. The lowest BCUT2D eigenvalue weighted by Gasteiger charge is -2.19. The van der Waals surface area contributed by atoms with Gasteiger partial charge in [-0.05, 0) is 68.8 Å². The van der Waals surface area contributed by atoms with E-state index < -0.39 is 0 Å². The van der Waals surface area contributed by atoms with Gasteiger partial charge in [0.05, 0.1) is 6.54 Å². The van der Waals surface area contributed by atoms with Crippen LogP contribution in [0.2, 0.25) is 0 Å². The molecule has 1 aliphatic carbocycles. The van der Waals surface area contributed by atoms with Crippen LogP contribution in [0.5, 0.6) is 0 Å². The van der Waals surface area contributed by atoms with Gasteiger partial charge in [0.15, 0.2) is 0 Å². The third-order valence-corrected chi connectivity index (χ3v) is 4.37. The first-order valence-electron chi connectivity index (χ1n) is 8.08. The smallest absolute Gasteiger partial charge is 0.238 e. The maximum Gasteiger partial charge on any atom is 0.238 e. The average Bonchev–Trinajstić information content (AvgIpc) is 3.12. The highest BCUT2D eigenvalue weighted by Gasteiger charge is 2.20. The third kappa shape index (κ3) is 3.97. The van der Waals surface area contributed by atoms with Gasteiger partial charge in [-0.25, -0.2) is 0 Å². The standard InChI is InChI=1S/C17H25N3O/c1-13-10-15(20-8-2-3-9-20)6-7-16(13)19-17(21)12-18-11-14-4-5-14/h6-7,10,14,18H,2-5,8-9,11-12H2,1H3,(H,19,21). The lowest BCUT2D eigenvalue weighted by molar-refractivity contribution is -0.115. The van der Waals surface area contributed by atoms with Gasteiger partial charge in [-0.1, -0.05) is 0 Å². The maximum atomic E-state index is 11.9. The van der Waals surface area contributed by atoms with E-state index in [-0.39, 0.29) is 5.91 Å². The fraction of sp³-hybridized carbons (Fsp3) is 0.588. The predicted octanol–water partition coefficient (Wildman–Crippen LogP) is 2.53. The summed E-state index contributed by atoms with van der Waals surface area (Å²) in [7, 11) is 0. The lowest BCUT2D eigenvalue weighted by atomic mass is 10.1. The molecule has 4 heteroatoms. The average molecular weight is 287 g/mol. The molecule has 0 aromatic heterocycles. The van der Waals surface area contributed by atoms with E-state index >= 15 is 0 Å². The van der Waals surface area contributed by atoms with Crippen molar-refractivity contribution in [3.63, 3.8) is 0 Å². The van der Waals surface area contributed by atoms with Crippen molar-refractivity contribution in [3.05, 3.63) is 23.8 Å². The van der Waals surface area contributed by atoms with Crippen LogP contribution in [-0.2, 0) is 4.79 Å². The molecule has 0 bridgehead atoms. The molecule has 0 radical (unpaired) electrons. The molecule has 2 N–H and O–H groups in total. The van der Waals surface area contributed by atoms with Crippen LogP contribution in [0, 0.1) is 12.8 Å². The topological polar surface area (TPSA) is 44.4 Å². The number of amides is 1. The van der Waals surface area contributed by atoms with E-state index in [1.165, 1.54) is 31.4 Å². The molecular formula is C17H25N3O. The summed E-state index contributed by atoms with van der Waals surface area (Å²) in [6.07, 6.45) is 5.19. The molecule has 0 spiro atoms. The zero-order valence-corrected chi connectivity index (χ0v) is 12.8. The summed E-state index contributed by atoms with van der Waals surface area (Å²) in [5, 5.41) is 6.22. The highest BCUT2D eigenvalue weighted by atomic mass is 16.1. The van der Waals surface area contributed by atoms with Gasteiger partial charge >= 0.3 is 0 Å². The summed E-state index contributed by atoms with van der Waals surface area (Å²) < 4.78 is 0. The largest absolute Gasteiger partial charge is 0.372 e. The van der Waals surface area contributed by atoms with Gasteiger partial charge in [-0.3, -0.25) is 4.79 Å². The van der Waals surface area contributed by atoms with Crippen molar-refractivity contribution in [1.29, 1.82) is 0 Å². The Bertz CT molecular complexity index is 505. The van der Waals surface area contributed by atoms with Crippen LogP contribution in [0.1, 0.15) is 31.2 Å². The Morgan fingerprint density at radius 2 is 2.05 bits per heavy atom. The fourth-order valence-corrected chi connectivity index (χ4v) is 2.87. The zero-order valence-electron chi connectivity index (χ0n) is 12.8. The first kappa shape index (κ1) is 14.4. The molecule has 1 aromatic carbocycles. The van der Waals surface area contributed by atoms with Crippen LogP contribution in [0.4, 0.5) is 11.4 Å². The molecule has 1 saturated carbocycles. The van der Waals surface area contributed by atoms with Gasteiger partial charge in [0.2, 0.25) is 5.91 Å². The van der Waals surface area contributed by atoms with Crippen molar-refractivity contribution in [3.8, 4) is 0 Å². The normalized spacial score (nSPS) is 18.0. The molecule has 4 nitrogen and oxygen atoms in total. The van der Waals surface area contributed by atoms with E-state index in [1.54, 1.807) is 0 Å². The number of carbonyl (C=O) groups is 1. The summed E-state index contributed by atoms with van der Waals surface area (Å²) in [5.74, 6) is 0.854. The Labute approximate surface area is 126 Å². The van der Waals surface area contributed by atoms with Gasteiger partial charge in [0.25, 0.3) is 0 Å². The number of nitrogens with zero attached hydrogens (tertiary/aromatic N) is 1. The van der Waals surface area contributed by atoms with Crippen molar-refractivity contribution in [2.75, 3.05) is 36.4 Å². The summed E-state index contributed by atoms with van der Waals surface area (Å²) in [5.41, 5.74) is 3.33. The molecule has 0 atom stereocenters. The van der Waals surface area contributed by atoms with Crippen molar-refractivity contribution in [2.24, 2.45) is 5.92 Å². The zero-order chi connectivity index (χ0) is 14.7. The summed E-state index contributed by atoms with van der Waals surface area (Å²) in [4.78, 5) is 14.3. The highest BCUT2D eigenvalue weighted by Crippen LogP contribution is 2.27. The van der Waals surface area contributed by atoms with Crippen LogP contribution < -0.4 is 15.5 Å². The van der Waals surface area contributed by atoms with Gasteiger partial charge in [-0.2, -0.15) is 0 Å². The molecule has 1 saturated heterocycles. The molecule has 2 aliphatic rings. The van der Waals surface area contributed by atoms with E-state index in [1.807, 2.05) is 6.07 Å². The first-order chi connectivity index (χ1) is 10.2. The Balaban J connectivity index is 1.53. The number of hydrogen-bond donors (Lipinski definition) is 2. The molecule has 1 amide bonds. The predicted molar refractivity (Wildman–Crippen MR) is 86.8 cm³/mol. The summed E-state index contributed by atoms with van der Waals surface area (Å²) in [6, 6.07) is 6.33. The Hall–Kier alpha value is -1.55. The van der Waals surface area contributed by atoms with Crippen LogP contribution in [-0.4, -0.2) is 32.1 Å². The molecule has 3 rings (SSSR count). The quantitative estimate of drug-likeness (QED) is 0.845. The Morgan fingerprint density at radius 3 is 2.71 bits per heavy atom. The molecule has 1 aromatic rings. The second-order valence-corrected chi connectivity index (χ2v) is 6.32. The highest BCUT2D eigenvalue weighted by molar-refractivity contribution is 5.93. The molecule has 1 aliphatic heterocycles. The van der Waals surface area contributed by atoms with Crippen molar-refractivity contribution >= 4 is 17.3 Å². The minimum atomic E-state index is 0.0488. The van der Waals surface area contributed by atoms with Gasteiger partial charge in [-0.15, -0.1) is 0 Å². The number of rotatable bonds is 6. The van der Waals surface area contributed by atoms with E-state index in [9.17, 15) is 4.79 Å². The lowest BCUT2D eigenvalue weighted by Crippen LogP contribution is -2.29. The van der Waals surface area contributed by atoms with Gasteiger partial charge < -0.3 is 15.5 Å². The summed E-state index contributed by atoms with van der Waals surface area (Å²) >= 11 is 0. The van der Waals surface area contributed by atoms with Crippen LogP contribution in [0.3, 0.4) is 0 Å². The molecule has 21 heavy (non-hydrogen) atoms. The summed E-state index contributed by atoms with van der Waals surface area (Å²) in [6.45, 7) is 5.74. The van der Waals surface area contributed by atoms with E-state index in [4.69, 9.17) is 0 Å². The number of benzene rings is 1. The van der Waals surface area contributed by atoms with E-state index in [0.717, 1.165) is 36.8 Å². The molecular weight excluding hydrogens is 262 g/mol. The number of aryl methyl sites for hydroxylation is 1. The monoisotopic (exact) mass is 287 g/mol. The number of carbonyl (C=O) groups excluding carboxylic acids is 1. The molecule has 2 fully saturated rings. The fourth-order valence-electron chi connectivity index (χ4n) is 2.87. The second kappa shape index (κ2) is 6.48. The minimum absolute atomic E-state index is 0.0488. The number of anilines is 2. The molecule has 114 valence electrons.